The molecule has 4 aromatic rings. The molecule has 1 aliphatic rings. The minimum atomic E-state index is -0.0295. The molecule has 0 aromatic heterocycles. The van der Waals surface area contributed by atoms with Gasteiger partial charge in [0.05, 0.1) is 25.3 Å². The van der Waals surface area contributed by atoms with Gasteiger partial charge in [0.1, 0.15) is 23.0 Å². The molecule has 0 aliphatic heterocycles. The van der Waals surface area contributed by atoms with Gasteiger partial charge in [0.25, 0.3) is 0 Å². The molecule has 1 fully saturated rings. The van der Waals surface area contributed by atoms with E-state index in [1.54, 1.807) is 38.3 Å². The van der Waals surface area contributed by atoms with Gasteiger partial charge in [-0.1, -0.05) is 98.3 Å². The molecule has 0 bridgehead atoms. The summed E-state index contributed by atoms with van der Waals surface area (Å²) in [5.41, 5.74) is 5.39. The van der Waals surface area contributed by atoms with Crippen molar-refractivity contribution in [3.8, 4) is 17.2 Å². The molecular weight excluding hydrogens is 766 g/mol. The second kappa shape index (κ2) is 25.0. The van der Waals surface area contributed by atoms with Gasteiger partial charge in [-0.2, -0.15) is 0 Å². The first-order valence-electron chi connectivity index (χ1n) is 18.7. The van der Waals surface area contributed by atoms with Crippen LogP contribution in [0.15, 0.2) is 83.3 Å². The maximum absolute atomic E-state index is 11.7. The van der Waals surface area contributed by atoms with E-state index in [4.69, 9.17) is 21.1 Å². The number of anilines is 1. The molecule has 0 heterocycles. The van der Waals surface area contributed by atoms with Crippen LogP contribution in [0.4, 0.5) is 5.69 Å². The zero-order valence-electron chi connectivity index (χ0n) is 32.9. The number of ketones is 3. The van der Waals surface area contributed by atoms with E-state index in [1.807, 2.05) is 44.2 Å². The summed E-state index contributed by atoms with van der Waals surface area (Å²) in [5, 5.41) is 13.2. The van der Waals surface area contributed by atoms with E-state index in [1.165, 1.54) is 64.5 Å². The maximum Gasteiger partial charge on any atom is 0.166 e. The number of halogens is 2. The predicted molar refractivity (Wildman–Crippen MR) is 226 cm³/mol. The fraction of sp³-hybridized carbons (Fsp3) is 0.400. The Labute approximate surface area is 336 Å². The van der Waals surface area contributed by atoms with Crippen LogP contribution in [0.5, 0.6) is 17.2 Å². The van der Waals surface area contributed by atoms with Crippen LogP contribution in [0.1, 0.15) is 116 Å². The molecule has 1 aliphatic carbocycles. The first-order valence-corrected chi connectivity index (χ1v) is 19.9. The Morgan fingerprint density at radius 3 is 1.98 bits per heavy atom. The van der Waals surface area contributed by atoms with Crippen molar-refractivity contribution in [1.82, 2.24) is 0 Å². The molecule has 2 N–H and O–H groups in total. The lowest BCUT2D eigenvalue weighted by molar-refractivity contribution is -0.116. The van der Waals surface area contributed by atoms with Crippen LogP contribution in [0, 0.1) is 6.92 Å². The highest BCUT2D eigenvalue weighted by Crippen LogP contribution is 2.29. The van der Waals surface area contributed by atoms with Gasteiger partial charge < -0.3 is 19.9 Å². The molecule has 0 spiro atoms. The molecule has 5 rings (SSSR count). The summed E-state index contributed by atoms with van der Waals surface area (Å²) in [7, 11) is 3.08. The topological polar surface area (TPSA) is 102 Å². The minimum Gasteiger partial charge on any atom is -0.508 e. The van der Waals surface area contributed by atoms with Gasteiger partial charge in [0.2, 0.25) is 0 Å². The number of carbonyl (C=O) groups is 3. The molecule has 0 radical (unpaired) electrons. The highest BCUT2D eigenvalue weighted by atomic mass is 79.9. The smallest absolute Gasteiger partial charge is 0.166 e. The zero-order valence-corrected chi connectivity index (χ0v) is 35.2. The van der Waals surface area contributed by atoms with Crippen molar-refractivity contribution in [3.63, 3.8) is 0 Å². The lowest BCUT2D eigenvalue weighted by atomic mass is 9.95. The van der Waals surface area contributed by atoms with E-state index in [2.05, 4.69) is 52.4 Å². The molecule has 7 nitrogen and oxygen atoms in total. The largest absolute Gasteiger partial charge is 0.508 e. The molecule has 0 unspecified atom stereocenters. The lowest BCUT2D eigenvalue weighted by Gasteiger charge is -2.23. The van der Waals surface area contributed by atoms with Crippen molar-refractivity contribution in [3.05, 3.63) is 116 Å². The van der Waals surface area contributed by atoms with Crippen molar-refractivity contribution in [2.75, 3.05) is 19.5 Å². The molecule has 1 saturated carbocycles. The number of carbonyl (C=O) groups excluding carboxylic acids is 3. The number of nitrogens with one attached hydrogen (secondary N) is 1. The van der Waals surface area contributed by atoms with Crippen molar-refractivity contribution >= 4 is 50.6 Å². The average Bonchev–Trinajstić information content (AvgIpc) is 3.17. The van der Waals surface area contributed by atoms with Crippen LogP contribution >= 0.6 is 27.5 Å². The number of phenolic OH excluding ortho intramolecular Hbond substituents is 1. The Kier molecular flexibility index (Phi) is 21.3. The minimum absolute atomic E-state index is 0.0171. The summed E-state index contributed by atoms with van der Waals surface area (Å²) in [5.74, 6) is 1.59. The second-order valence-electron chi connectivity index (χ2n) is 13.2. The van der Waals surface area contributed by atoms with E-state index < -0.39 is 0 Å². The fourth-order valence-electron chi connectivity index (χ4n) is 5.81. The highest BCUT2D eigenvalue weighted by Gasteiger charge is 2.16. The summed E-state index contributed by atoms with van der Waals surface area (Å²) in [6.45, 7) is 9.29. The molecule has 0 atom stereocenters. The van der Waals surface area contributed by atoms with Crippen LogP contribution in [0.25, 0.3) is 0 Å². The first kappa shape index (κ1) is 46.0. The summed E-state index contributed by atoms with van der Waals surface area (Å²) in [6, 6.07) is 25.3. The van der Waals surface area contributed by atoms with E-state index >= 15 is 0 Å². The standard InChI is InChI=1S/C13H15ClO3.C12H17NO.C11H14O2.C9H11Br/c1-4-12(16)10-7-11(14)9(5-8(2)15)6-13(10)17-3;14-12-8-4-7-11(9-12)13-10-5-2-1-3-6-10;1-4-10(12)9-6-5-8(2)7-11(9)13-3;1-2-3-8-4-6-9(10)7-5-8/h6-7H,4-5H2,1-3H3;4,7-10,13-14H,1-3,5-6H2;5-7H,4H2,1-3H3;4-7H,2-3H2,1H3. The van der Waals surface area contributed by atoms with Gasteiger partial charge in [-0.3, -0.25) is 14.4 Å². The van der Waals surface area contributed by atoms with Gasteiger partial charge in [0.15, 0.2) is 11.6 Å². The van der Waals surface area contributed by atoms with Crippen LogP contribution in [0.2, 0.25) is 5.02 Å². The number of aryl methyl sites for hydroxylation is 2. The third-order valence-corrected chi connectivity index (χ3v) is 9.56. The second-order valence-corrected chi connectivity index (χ2v) is 14.5. The molecule has 9 heteroatoms. The average molecular weight is 823 g/mol. The van der Waals surface area contributed by atoms with Crippen molar-refractivity contribution in [2.45, 2.75) is 105 Å². The molecule has 4 aromatic carbocycles. The third-order valence-electron chi connectivity index (χ3n) is 8.68. The Morgan fingerprint density at radius 1 is 0.815 bits per heavy atom. The Balaban J connectivity index is 0.000000253. The Hall–Kier alpha value is -4.14. The number of rotatable bonds is 12. The number of hydrogen-bond donors (Lipinski definition) is 2. The van der Waals surface area contributed by atoms with Crippen LogP contribution in [0.3, 0.4) is 0 Å². The third kappa shape index (κ3) is 16.5. The summed E-state index contributed by atoms with van der Waals surface area (Å²) < 4.78 is 11.4. The SMILES string of the molecule is CCC(=O)c1cc(Cl)c(CC(C)=O)cc1OC.CCC(=O)c1ccc(C)cc1OC.CCCc1ccc(Br)cc1.Oc1cccc(NC2CCCCC2)c1. The van der Waals surface area contributed by atoms with E-state index in [9.17, 15) is 19.5 Å². The molecule has 292 valence electrons. The van der Waals surface area contributed by atoms with Crippen LogP contribution in [-0.2, 0) is 17.6 Å². The maximum atomic E-state index is 11.7. The summed E-state index contributed by atoms with van der Waals surface area (Å²) in [6.07, 6.45) is 10.1. The summed E-state index contributed by atoms with van der Waals surface area (Å²) >= 11 is 9.44. The van der Waals surface area contributed by atoms with Crippen LogP contribution < -0.4 is 14.8 Å². The van der Waals surface area contributed by atoms with Gasteiger partial charge in [-0.05, 0) is 98.3 Å². The zero-order chi connectivity index (χ0) is 40.0. The fourth-order valence-corrected chi connectivity index (χ4v) is 6.31. The lowest BCUT2D eigenvalue weighted by Crippen LogP contribution is -2.21. The van der Waals surface area contributed by atoms with E-state index in [0.717, 1.165) is 15.7 Å². The van der Waals surface area contributed by atoms with Gasteiger partial charge >= 0.3 is 0 Å². The van der Waals surface area contributed by atoms with E-state index in [0.29, 0.717) is 57.8 Å². The van der Waals surface area contributed by atoms with Crippen molar-refractivity contribution in [1.29, 1.82) is 0 Å². The Bertz CT molecular complexity index is 1770. The van der Waals surface area contributed by atoms with E-state index in [-0.39, 0.29) is 23.8 Å². The van der Waals surface area contributed by atoms with Crippen LogP contribution in [-0.4, -0.2) is 42.7 Å². The summed E-state index contributed by atoms with van der Waals surface area (Å²) in [4.78, 5) is 34.2. The van der Waals surface area contributed by atoms with Gasteiger partial charge in [-0.25, -0.2) is 0 Å². The quantitative estimate of drug-likeness (QED) is 0.137. The molecule has 54 heavy (non-hydrogen) atoms. The number of phenols is 1. The monoisotopic (exact) mass is 821 g/mol. The van der Waals surface area contributed by atoms with Crippen molar-refractivity contribution < 1.29 is 29.0 Å². The predicted octanol–water partition coefficient (Wildman–Crippen LogP) is 12.2. The van der Waals surface area contributed by atoms with Gasteiger partial charge in [0, 0.05) is 46.6 Å². The normalized spacial score (nSPS) is 12.0. The molecular formula is C45H57BrClNO6. The Morgan fingerprint density at radius 2 is 1.43 bits per heavy atom. The highest BCUT2D eigenvalue weighted by molar-refractivity contribution is 9.10. The van der Waals surface area contributed by atoms with Gasteiger partial charge in [-0.15, -0.1) is 0 Å². The van der Waals surface area contributed by atoms with Crippen molar-refractivity contribution in [2.24, 2.45) is 0 Å². The molecule has 0 saturated heterocycles. The number of aromatic hydroxyl groups is 1. The number of hydrogen-bond acceptors (Lipinski definition) is 7. The number of methoxy groups -OCH3 is 2. The first-order chi connectivity index (χ1) is 25.8. The number of benzene rings is 4. The molecule has 0 amide bonds. The number of ether oxygens (including phenoxy) is 2. The number of Topliss-reactive ketones (excluding diaryl/α,β-unsaturated/α-hetero) is 3.